The van der Waals surface area contributed by atoms with Crippen LogP contribution in [0.5, 0.6) is 11.5 Å². The van der Waals surface area contributed by atoms with E-state index >= 15 is 0 Å². The Bertz CT molecular complexity index is 1210. The minimum absolute atomic E-state index is 0.0299. The van der Waals surface area contributed by atoms with Crippen LogP contribution in [-0.2, 0) is 16.1 Å². The van der Waals surface area contributed by atoms with Crippen LogP contribution < -0.4 is 4.74 Å². The number of benzene rings is 2. The van der Waals surface area contributed by atoms with E-state index in [4.69, 9.17) is 16.3 Å². The summed E-state index contributed by atoms with van der Waals surface area (Å²) in [6.45, 7) is 0.875. The number of likely N-dealkylation sites (tertiary alicyclic amines) is 1. The highest BCUT2D eigenvalue weighted by molar-refractivity contribution is 6.46. The quantitative estimate of drug-likeness (QED) is 0.311. The van der Waals surface area contributed by atoms with Gasteiger partial charge in [0.1, 0.15) is 5.76 Å². The van der Waals surface area contributed by atoms with Crippen LogP contribution in [0.3, 0.4) is 0 Å². The Balaban J connectivity index is 1.76. The number of rotatable bonds is 7. The van der Waals surface area contributed by atoms with E-state index in [1.165, 1.54) is 18.1 Å². The third kappa shape index (κ3) is 4.42. The Morgan fingerprint density at radius 2 is 1.91 bits per heavy atom. The number of hydrogen-bond donors (Lipinski definition) is 2. The van der Waals surface area contributed by atoms with Gasteiger partial charge in [-0.15, -0.1) is 0 Å². The van der Waals surface area contributed by atoms with Crippen molar-refractivity contribution in [3.63, 3.8) is 0 Å². The van der Waals surface area contributed by atoms with Crippen molar-refractivity contribution in [3.8, 4) is 11.5 Å². The average Bonchev–Trinajstić information content (AvgIpc) is 3.42. The number of aromatic hydroxyl groups is 1. The first kappa shape index (κ1) is 22.4. The smallest absolute Gasteiger partial charge is 0.295 e. The molecule has 2 aromatic carbocycles. The summed E-state index contributed by atoms with van der Waals surface area (Å²) in [5.74, 6) is -1.64. The SMILES string of the molecule is COc1cc(C2/C(=C(/O)c3ccc(Cl)cc3)C(=O)C(=O)N2CCCn2ccnc2)ccc1O. The standard InChI is InChI=1S/C24H22ClN3O5/c1-33-19-13-16(5-8-18(19)29)21-20(22(30)15-3-6-17(25)7-4-15)23(31)24(32)28(21)11-2-10-27-12-9-26-14-27/h3-9,12-14,21,29-30H,2,10-11H2,1H3/b22-20-. The largest absolute Gasteiger partial charge is 0.507 e. The number of halogens is 1. The second kappa shape index (κ2) is 9.38. The van der Waals surface area contributed by atoms with Crippen LogP contribution in [0.1, 0.15) is 23.6 Å². The summed E-state index contributed by atoms with van der Waals surface area (Å²) in [5.41, 5.74) is 0.867. The lowest BCUT2D eigenvalue weighted by Crippen LogP contribution is -2.31. The number of Topliss-reactive ketones (excluding diaryl/α,β-unsaturated/α-hetero) is 1. The average molecular weight is 468 g/mol. The lowest BCUT2D eigenvalue weighted by atomic mass is 9.95. The fourth-order valence-corrected chi connectivity index (χ4v) is 4.05. The van der Waals surface area contributed by atoms with Crippen molar-refractivity contribution in [3.05, 3.63) is 82.9 Å². The molecule has 0 saturated carbocycles. The van der Waals surface area contributed by atoms with Crippen molar-refractivity contribution >= 4 is 29.1 Å². The molecule has 0 aliphatic carbocycles. The van der Waals surface area contributed by atoms with Gasteiger partial charge in [-0.05, 0) is 48.4 Å². The van der Waals surface area contributed by atoms with Gasteiger partial charge in [0.05, 0.1) is 25.1 Å². The molecular formula is C24H22ClN3O5. The number of ketones is 1. The van der Waals surface area contributed by atoms with Crippen molar-refractivity contribution in [2.45, 2.75) is 19.0 Å². The third-order valence-corrected chi connectivity index (χ3v) is 5.80. The Kier molecular flexibility index (Phi) is 6.37. The predicted molar refractivity (Wildman–Crippen MR) is 122 cm³/mol. The zero-order chi connectivity index (χ0) is 23.5. The molecular weight excluding hydrogens is 446 g/mol. The summed E-state index contributed by atoms with van der Waals surface area (Å²) >= 11 is 5.95. The first-order valence-corrected chi connectivity index (χ1v) is 10.7. The second-order valence-corrected chi connectivity index (χ2v) is 8.02. The first-order valence-electron chi connectivity index (χ1n) is 10.3. The van der Waals surface area contributed by atoms with Crippen LogP contribution in [0.25, 0.3) is 5.76 Å². The molecule has 0 radical (unpaired) electrons. The van der Waals surface area contributed by atoms with E-state index in [1.807, 2.05) is 10.8 Å². The van der Waals surface area contributed by atoms with Crippen molar-refractivity contribution in [1.29, 1.82) is 0 Å². The molecule has 1 atom stereocenters. The highest BCUT2D eigenvalue weighted by Gasteiger charge is 2.46. The lowest BCUT2D eigenvalue weighted by molar-refractivity contribution is -0.139. The summed E-state index contributed by atoms with van der Waals surface area (Å²) in [6.07, 6.45) is 5.73. The van der Waals surface area contributed by atoms with E-state index < -0.39 is 17.7 Å². The fraction of sp³-hybridized carbons (Fsp3) is 0.208. The maximum atomic E-state index is 13.1. The van der Waals surface area contributed by atoms with Gasteiger partial charge in [-0.2, -0.15) is 0 Å². The number of phenolic OH excluding ortho intramolecular Hbond substituents is 1. The number of amides is 1. The van der Waals surface area contributed by atoms with Crippen molar-refractivity contribution in [2.75, 3.05) is 13.7 Å². The Hall–Kier alpha value is -3.78. The van der Waals surface area contributed by atoms with Crippen LogP contribution in [-0.4, -0.2) is 50.0 Å². The van der Waals surface area contributed by atoms with Crippen LogP contribution >= 0.6 is 11.6 Å². The summed E-state index contributed by atoms with van der Waals surface area (Å²) in [6, 6.07) is 10.1. The zero-order valence-electron chi connectivity index (χ0n) is 17.8. The van der Waals surface area contributed by atoms with Crippen LogP contribution in [0.15, 0.2) is 66.8 Å². The summed E-state index contributed by atoms with van der Waals surface area (Å²) in [4.78, 5) is 31.5. The monoisotopic (exact) mass is 467 g/mol. The molecule has 33 heavy (non-hydrogen) atoms. The number of aromatic nitrogens is 2. The van der Waals surface area contributed by atoms with E-state index in [2.05, 4.69) is 4.98 Å². The van der Waals surface area contributed by atoms with Crippen LogP contribution in [0, 0.1) is 0 Å². The minimum Gasteiger partial charge on any atom is -0.507 e. The van der Waals surface area contributed by atoms with Crippen LogP contribution in [0.4, 0.5) is 0 Å². The number of aliphatic hydroxyl groups excluding tert-OH is 1. The summed E-state index contributed by atoms with van der Waals surface area (Å²) < 4.78 is 7.09. The van der Waals surface area contributed by atoms with Gasteiger partial charge in [0.15, 0.2) is 11.5 Å². The molecule has 2 N–H and O–H groups in total. The normalized spacial score (nSPS) is 17.5. The van der Waals surface area contributed by atoms with Gasteiger partial charge in [-0.1, -0.05) is 17.7 Å². The molecule has 4 rings (SSSR count). The number of aliphatic hydroxyl groups is 1. The van der Waals surface area contributed by atoms with Gasteiger partial charge in [-0.3, -0.25) is 9.59 Å². The number of ether oxygens (including phenoxy) is 1. The van der Waals surface area contributed by atoms with E-state index in [-0.39, 0.29) is 29.4 Å². The lowest BCUT2D eigenvalue weighted by Gasteiger charge is -2.26. The Labute approximate surface area is 195 Å². The zero-order valence-corrected chi connectivity index (χ0v) is 18.6. The molecule has 3 aromatic rings. The van der Waals surface area contributed by atoms with Gasteiger partial charge in [0, 0.05) is 36.1 Å². The molecule has 1 saturated heterocycles. The minimum atomic E-state index is -0.849. The molecule has 1 aromatic heterocycles. The number of phenols is 1. The molecule has 1 unspecified atom stereocenters. The number of carbonyl (C=O) groups is 2. The third-order valence-electron chi connectivity index (χ3n) is 5.55. The van der Waals surface area contributed by atoms with Gasteiger partial charge in [-0.25, -0.2) is 4.98 Å². The molecule has 1 aliphatic heterocycles. The molecule has 1 aliphatic rings. The molecule has 8 nitrogen and oxygen atoms in total. The number of hydrogen-bond acceptors (Lipinski definition) is 6. The van der Waals surface area contributed by atoms with Gasteiger partial charge in [0.2, 0.25) is 0 Å². The first-order chi connectivity index (χ1) is 15.9. The number of carbonyl (C=O) groups excluding carboxylic acids is 2. The Morgan fingerprint density at radius 1 is 1.15 bits per heavy atom. The maximum absolute atomic E-state index is 13.1. The number of aryl methyl sites for hydroxylation is 1. The van der Waals surface area contributed by atoms with E-state index in [0.29, 0.717) is 29.1 Å². The summed E-state index contributed by atoms with van der Waals surface area (Å²) in [7, 11) is 1.41. The molecule has 9 heteroatoms. The van der Waals surface area contributed by atoms with Crippen molar-refractivity contribution in [2.24, 2.45) is 0 Å². The molecule has 0 bridgehead atoms. The predicted octanol–water partition coefficient (Wildman–Crippen LogP) is 3.76. The highest BCUT2D eigenvalue weighted by atomic mass is 35.5. The van der Waals surface area contributed by atoms with E-state index in [0.717, 1.165) is 0 Å². The van der Waals surface area contributed by atoms with Crippen molar-refractivity contribution < 1.29 is 24.5 Å². The van der Waals surface area contributed by atoms with Gasteiger partial charge >= 0.3 is 0 Å². The van der Waals surface area contributed by atoms with Crippen LogP contribution in [0.2, 0.25) is 5.02 Å². The topological polar surface area (TPSA) is 105 Å². The number of imidazole rings is 1. The number of nitrogens with zero attached hydrogens (tertiary/aromatic N) is 3. The molecule has 1 fully saturated rings. The molecule has 0 spiro atoms. The second-order valence-electron chi connectivity index (χ2n) is 7.58. The van der Waals surface area contributed by atoms with Crippen molar-refractivity contribution in [1.82, 2.24) is 14.5 Å². The molecule has 170 valence electrons. The van der Waals surface area contributed by atoms with E-state index in [9.17, 15) is 19.8 Å². The fourth-order valence-electron chi connectivity index (χ4n) is 3.93. The van der Waals surface area contributed by atoms with E-state index in [1.54, 1.807) is 48.9 Å². The Morgan fingerprint density at radius 3 is 2.58 bits per heavy atom. The highest BCUT2D eigenvalue weighted by Crippen LogP contribution is 2.41. The van der Waals surface area contributed by atoms with Gasteiger partial charge in [0.25, 0.3) is 11.7 Å². The van der Waals surface area contributed by atoms with Gasteiger partial charge < -0.3 is 24.4 Å². The molecule has 2 heterocycles. The maximum Gasteiger partial charge on any atom is 0.295 e. The number of methoxy groups -OCH3 is 1. The molecule has 1 amide bonds. The summed E-state index contributed by atoms with van der Waals surface area (Å²) in [5, 5.41) is 21.5.